The Bertz CT molecular complexity index is 969. The number of aromatic hydroxyl groups is 1. The fourth-order valence-electron chi connectivity index (χ4n) is 3.82. The number of fused-ring (bicyclic) bond motifs is 1. The minimum absolute atomic E-state index is 0.157. The lowest BCUT2D eigenvalue weighted by Crippen LogP contribution is -2.48. The van der Waals surface area contributed by atoms with Crippen molar-refractivity contribution in [1.29, 1.82) is 0 Å². The zero-order valence-corrected chi connectivity index (χ0v) is 15.1. The smallest absolute Gasteiger partial charge is 0.175 e. The van der Waals surface area contributed by atoms with Crippen LogP contribution in [0.2, 0.25) is 0 Å². The van der Waals surface area contributed by atoms with E-state index in [0.717, 1.165) is 16.5 Å². The average Bonchev–Trinajstić information content (AvgIpc) is 2.54. The Morgan fingerprint density at radius 3 is 2.65 bits per heavy atom. The second-order valence-corrected chi connectivity index (χ2v) is 7.52. The molecule has 6 heteroatoms. The molecule has 4 rings (SSSR count). The number of rotatable bonds is 3. The van der Waals surface area contributed by atoms with Crippen LogP contribution in [0.25, 0.3) is 22.2 Å². The Balaban J connectivity index is 1.81. The van der Waals surface area contributed by atoms with E-state index < -0.39 is 5.60 Å². The first kappa shape index (κ1) is 16.7. The molecule has 1 aliphatic carbocycles. The van der Waals surface area contributed by atoms with Gasteiger partial charge in [0.25, 0.3) is 0 Å². The molecule has 0 amide bonds. The zero-order chi connectivity index (χ0) is 18.5. The molecule has 0 saturated heterocycles. The van der Waals surface area contributed by atoms with Crippen LogP contribution in [0.1, 0.15) is 30.9 Å². The summed E-state index contributed by atoms with van der Waals surface area (Å²) >= 11 is 0. The molecule has 0 radical (unpaired) electrons. The lowest BCUT2D eigenvalue weighted by atomic mass is 9.77. The average molecular weight is 350 g/mol. The van der Waals surface area contributed by atoms with Crippen LogP contribution in [0.4, 0.5) is 5.82 Å². The molecule has 1 fully saturated rings. The van der Waals surface area contributed by atoms with E-state index in [1.54, 1.807) is 12.3 Å². The van der Waals surface area contributed by atoms with Gasteiger partial charge in [-0.3, -0.25) is 4.98 Å². The number of benzene rings is 1. The number of hydrogen-bond acceptors (Lipinski definition) is 6. The maximum absolute atomic E-state index is 10.5. The van der Waals surface area contributed by atoms with Gasteiger partial charge in [0.15, 0.2) is 5.82 Å². The molecule has 0 aliphatic heterocycles. The second-order valence-electron chi connectivity index (χ2n) is 7.52. The van der Waals surface area contributed by atoms with Crippen LogP contribution < -0.4 is 5.32 Å². The van der Waals surface area contributed by atoms with Crippen molar-refractivity contribution in [2.45, 2.75) is 45.3 Å². The molecule has 3 N–H and O–H groups in total. The molecule has 2 heterocycles. The van der Waals surface area contributed by atoms with Gasteiger partial charge in [-0.05, 0) is 62.9 Å². The highest BCUT2D eigenvalue weighted by atomic mass is 16.3. The fraction of sp³-hybridized carbons (Fsp3) is 0.350. The van der Waals surface area contributed by atoms with Crippen molar-refractivity contribution >= 4 is 16.7 Å². The molecule has 6 nitrogen and oxygen atoms in total. The number of aliphatic hydroxyl groups is 1. The molecule has 0 spiro atoms. The van der Waals surface area contributed by atoms with Crippen molar-refractivity contribution in [1.82, 2.24) is 15.2 Å². The van der Waals surface area contributed by atoms with Gasteiger partial charge in [-0.25, -0.2) is 0 Å². The summed E-state index contributed by atoms with van der Waals surface area (Å²) in [6.45, 7) is 5.73. The third-order valence-electron chi connectivity index (χ3n) is 4.95. The number of aryl methyl sites for hydroxylation is 2. The predicted molar refractivity (Wildman–Crippen MR) is 101 cm³/mol. The van der Waals surface area contributed by atoms with Crippen molar-refractivity contribution in [3.63, 3.8) is 0 Å². The van der Waals surface area contributed by atoms with E-state index in [1.165, 1.54) is 0 Å². The largest absolute Gasteiger partial charge is 0.507 e. The molecule has 0 unspecified atom stereocenters. The Kier molecular flexibility index (Phi) is 3.80. The first-order valence-electron chi connectivity index (χ1n) is 8.75. The number of nitrogens with one attached hydrogen (secondary N) is 1. The predicted octanol–water partition coefficient (Wildman–Crippen LogP) is 3.34. The van der Waals surface area contributed by atoms with E-state index >= 15 is 0 Å². The van der Waals surface area contributed by atoms with E-state index in [2.05, 4.69) is 20.5 Å². The van der Waals surface area contributed by atoms with Gasteiger partial charge in [0, 0.05) is 23.2 Å². The van der Waals surface area contributed by atoms with Crippen LogP contribution in [-0.4, -0.2) is 37.0 Å². The summed E-state index contributed by atoms with van der Waals surface area (Å²) in [5.41, 5.74) is 3.34. The highest BCUT2D eigenvalue weighted by molar-refractivity contribution is 5.99. The Hall–Kier alpha value is -2.73. The summed E-state index contributed by atoms with van der Waals surface area (Å²) in [6.07, 6.45) is 3.06. The third-order valence-corrected chi connectivity index (χ3v) is 4.95. The summed E-state index contributed by atoms with van der Waals surface area (Å²) in [6, 6.07) is 7.69. The Morgan fingerprint density at radius 2 is 1.96 bits per heavy atom. The third kappa shape index (κ3) is 2.86. The van der Waals surface area contributed by atoms with Gasteiger partial charge >= 0.3 is 0 Å². The first-order chi connectivity index (χ1) is 12.3. The van der Waals surface area contributed by atoms with Crippen LogP contribution in [0.5, 0.6) is 5.75 Å². The number of phenolic OH excluding ortho intramolecular Hbond substituents is 1. The quantitative estimate of drug-likeness (QED) is 0.671. The number of nitrogens with zero attached hydrogens (tertiary/aromatic N) is 3. The van der Waals surface area contributed by atoms with Crippen LogP contribution in [-0.2, 0) is 0 Å². The zero-order valence-electron chi connectivity index (χ0n) is 15.1. The summed E-state index contributed by atoms with van der Waals surface area (Å²) in [4.78, 5) is 4.48. The van der Waals surface area contributed by atoms with Crippen molar-refractivity contribution in [3.8, 4) is 17.0 Å². The summed E-state index contributed by atoms with van der Waals surface area (Å²) < 4.78 is 0. The van der Waals surface area contributed by atoms with Crippen LogP contribution in [0.3, 0.4) is 0 Å². The number of hydrogen-bond donors (Lipinski definition) is 3. The van der Waals surface area contributed by atoms with Crippen molar-refractivity contribution in [2.75, 3.05) is 5.32 Å². The number of phenols is 1. The molecule has 0 atom stereocenters. The van der Waals surface area contributed by atoms with Gasteiger partial charge in [-0.1, -0.05) is 6.07 Å². The van der Waals surface area contributed by atoms with E-state index in [4.69, 9.17) is 0 Å². The monoisotopic (exact) mass is 350 g/mol. The highest BCUT2D eigenvalue weighted by Crippen LogP contribution is 2.38. The standard InChI is InChI=1S/C20H22N4O2/c1-11-7-12(2)16(15(25)8-11)17-14-5-4-6-21-18(14)19(24-23-17)22-13-9-20(3,26)10-13/h4-8,13,25-26H,9-10H2,1-3H3,(H,22,24). The van der Waals surface area contributed by atoms with Gasteiger partial charge in [-0.2, -0.15) is 0 Å². The van der Waals surface area contributed by atoms with Crippen LogP contribution in [0, 0.1) is 13.8 Å². The summed E-state index contributed by atoms with van der Waals surface area (Å²) in [5.74, 6) is 0.798. The molecule has 0 bridgehead atoms. The topological polar surface area (TPSA) is 91.2 Å². The van der Waals surface area contributed by atoms with E-state index in [9.17, 15) is 10.2 Å². The van der Waals surface area contributed by atoms with Gasteiger partial charge in [0.2, 0.25) is 0 Å². The van der Waals surface area contributed by atoms with Crippen molar-refractivity contribution in [3.05, 3.63) is 41.6 Å². The maximum Gasteiger partial charge on any atom is 0.175 e. The lowest BCUT2D eigenvalue weighted by molar-refractivity contribution is -0.0235. The molecule has 2 aromatic heterocycles. The van der Waals surface area contributed by atoms with E-state index in [-0.39, 0.29) is 11.8 Å². The minimum Gasteiger partial charge on any atom is -0.507 e. The van der Waals surface area contributed by atoms with Gasteiger partial charge < -0.3 is 15.5 Å². The van der Waals surface area contributed by atoms with Crippen LogP contribution >= 0.6 is 0 Å². The van der Waals surface area contributed by atoms with Gasteiger partial charge in [-0.15, -0.1) is 10.2 Å². The van der Waals surface area contributed by atoms with Crippen molar-refractivity contribution < 1.29 is 10.2 Å². The molecule has 134 valence electrons. The summed E-state index contributed by atoms with van der Waals surface area (Å²) in [7, 11) is 0. The highest BCUT2D eigenvalue weighted by Gasteiger charge is 2.38. The molecule has 1 aliphatic rings. The second kappa shape index (κ2) is 5.92. The Morgan fingerprint density at radius 1 is 1.19 bits per heavy atom. The van der Waals surface area contributed by atoms with Crippen LogP contribution in [0.15, 0.2) is 30.5 Å². The molecular weight excluding hydrogens is 328 g/mol. The Labute approximate surface area is 151 Å². The number of aromatic nitrogens is 3. The molecule has 3 aromatic rings. The summed E-state index contributed by atoms with van der Waals surface area (Å²) in [5, 5.41) is 33.3. The maximum atomic E-state index is 10.5. The number of pyridine rings is 1. The normalized spacial score (nSPS) is 22.2. The molecular formula is C20H22N4O2. The number of anilines is 1. The van der Waals surface area contributed by atoms with E-state index in [1.807, 2.05) is 39.0 Å². The van der Waals surface area contributed by atoms with Gasteiger partial charge in [0.1, 0.15) is 17.0 Å². The molecule has 26 heavy (non-hydrogen) atoms. The minimum atomic E-state index is -0.612. The first-order valence-corrected chi connectivity index (χ1v) is 8.75. The fourth-order valence-corrected chi connectivity index (χ4v) is 3.82. The molecule has 1 saturated carbocycles. The van der Waals surface area contributed by atoms with Crippen molar-refractivity contribution in [2.24, 2.45) is 0 Å². The SMILES string of the molecule is Cc1cc(C)c(-c2nnc(NC3CC(C)(O)C3)c3ncccc23)c(O)c1. The van der Waals surface area contributed by atoms with Gasteiger partial charge in [0.05, 0.1) is 5.60 Å². The lowest BCUT2D eigenvalue weighted by Gasteiger charge is -2.41. The molecule has 1 aromatic carbocycles. The van der Waals surface area contributed by atoms with E-state index in [0.29, 0.717) is 35.4 Å².